The molecule has 20 heavy (non-hydrogen) atoms. The third-order valence-electron chi connectivity index (χ3n) is 4.84. The van der Waals surface area contributed by atoms with Crippen LogP contribution < -0.4 is 5.32 Å². The summed E-state index contributed by atoms with van der Waals surface area (Å²) in [4.78, 5) is 6.63. The van der Waals surface area contributed by atoms with Crippen molar-refractivity contribution < 1.29 is 0 Å². The van der Waals surface area contributed by atoms with Crippen molar-refractivity contribution in [3.63, 3.8) is 0 Å². The first-order valence-electron chi connectivity index (χ1n) is 7.79. The number of hydrogen-bond acceptors (Lipinski definition) is 4. The smallest absolute Gasteiger partial charge is 0.115 e. The van der Waals surface area contributed by atoms with Gasteiger partial charge in [0.15, 0.2) is 0 Å². The number of fused-ring (bicyclic) bond motifs is 1. The highest BCUT2D eigenvalue weighted by atomic mass is 32.2. The largest absolute Gasteiger partial charge is 0.302 e. The molecule has 4 heteroatoms. The van der Waals surface area contributed by atoms with E-state index in [4.69, 9.17) is 4.98 Å². The van der Waals surface area contributed by atoms with Crippen molar-refractivity contribution in [1.29, 1.82) is 0 Å². The normalized spacial score (nSPS) is 28.9. The van der Waals surface area contributed by atoms with E-state index in [9.17, 15) is 0 Å². The highest BCUT2D eigenvalue weighted by Crippen LogP contribution is 2.50. The molecule has 2 aliphatic rings. The molecule has 2 heterocycles. The molecule has 1 N–H and O–H groups in total. The molecule has 1 atom stereocenters. The number of nitrogens with zero attached hydrogens (tertiary/aromatic N) is 1. The fraction of sp³-hybridized carbons (Fsp3) is 0.812. The lowest BCUT2D eigenvalue weighted by Crippen LogP contribution is -2.59. The SMILES string of the molecule is CC(C)NC1(c2nc3c(s2)CCC3)CSCCC1(C)C. The third kappa shape index (κ3) is 2.34. The van der Waals surface area contributed by atoms with Crippen molar-refractivity contribution in [2.24, 2.45) is 5.41 Å². The topological polar surface area (TPSA) is 24.9 Å². The average molecular weight is 311 g/mol. The van der Waals surface area contributed by atoms with E-state index in [-0.39, 0.29) is 11.0 Å². The standard InChI is InChI=1S/C16H26N2S2/c1-11(2)18-16(10-19-9-8-15(16,3)4)14-17-12-6-5-7-13(12)20-14/h11,18H,5-10H2,1-4H3. The van der Waals surface area contributed by atoms with E-state index in [0.29, 0.717) is 6.04 Å². The monoisotopic (exact) mass is 310 g/mol. The highest BCUT2D eigenvalue weighted by molar-refractivity contribution is 7.99. The molecule has 0 saturated carbocycles. The van der Waals surface area contributed by atoms with E-state index in [1.165, 1.54) is 42.1 Å². The van der Waals surface area contributed by atoms with Gasteiger partial charge >= 0.3 is 0 Å². The zero-order valence-electron chi connectivity index (χ0n) is 13.1. The zero-order chi connectivity index (χ0) is 14.4. The highest BCUT2D eigenvalue weighted by Gasteiger charge is 2.50. The molecule has 1 fully saturated rings. The van der Waals surface area contributed by atoms with Crippen LogP contribution in [0.4, 0.5) is 0 Å². The molecular weight excluding hydrogens is 284 g/mol. The Labute approximate surface area is 131 Å². The summed E-state index contributed by atoms with van der Waals surface area (Å²) in [6, 6.07) is 0.492. The number of rotatable bonds is 3. The van der Waals surface area contributed by atoms with Gasteiger partial charge in [-0.2, -0.15) is 11.8 Å². The van der Waals surface area contributed by atoms with Gasteiger partial charge < -0.3 is 5.32 Å². The van der Waals surface area contributed by atoms with Crippen LogP contribution in [0, 0.1) is 5.41 Å². The van der Waals surface area contributed by atoms with Crippen LogP contribution in [0.5, 0.6) is 0 Å². The Bertz CT molecular complexity index is 471. The van der Waals surface area contributed by atoms with Gasteiger partial charge in [-0.1, -0.05) is 13.8 Å². The van der Waals surface area contributed by atoms with Crippen LogP contribution in [0.25, 0.3) is 0 Å². The Kier molecular flexibility index (Phi) is 3.93. The summed E-state index contributed by atoms with van der Waals surface area (Å²) in [5.41, 5.74) is 1.72. The maximum absolute atomic E-state index is 5.08. The lowest BCUT2D eigenvalue weighted by Gasteiger charge is -2.50. The lowest BCUT2D eigenvalue weighted by molar-refractivity contribution is 0.118. The molecule has 2 nitrogen and oxygen atoms in total. The van der Waals surface area contributed by atoms with Crippen molar-refractivity contribution in [1.82, 2.24) is 10.3 Å². The molecule has 1 aliphatic heterocycles. The number of thiazole rings is 1. The Morgan fingerprint density at radius 1 is 1.25 bits per heavy atom. The fourth-order valence-corrected chi connectivity index (χ4v) is 6.77. The first-order chi connectivity index (χ1) is 9.45. The minimum absolute atomic E-state index is 0.0547. The first kappa shape index (κ1) is 14.9. The first-order valence-corrected chi connectivity index (χ1v) is 9.76. The van der Waals surface area contributed by atoms with E-state index in [2.05, 4.69) is 44.8 Å². The molecular formula is C16H26N2S2. The summed E-state index contributed by atoms with van der Waals surface area (Å²) in [6.45, 7) is 9.38. The summed E-state index contributed by atoms with van der Waals surface area (Å²) >= 11 is 4.07. The van der Waals surface area contributed by atoms with Crippen LogP contribution in [0.3, 0.4) is 0 Å². The van der Waals surface area contributed by atoms with Crippen LogP contribution in [-0.2, 0) is 18.4 Å². The van der Waals surface area contributed by atoms with Crippen LogP contribution in [0.2, 0.25) is 0 Å². The number of nitrogens with one attached hydrogen (secondary N) is 1. The molecule has 0 radical (unpaired) electrons. The Hall–Kier alpha value is -0.0600. The molecule has 0 bridgehead atoms. The van der Waals surface area contributed by atoms with Gasteiger partial charge in [0.05, 0.1) is 11.2 Å². The van der Waals surface area contributed by atoms with Crippen LogP contribution in [0.15, 0.2) is 0 Å². The second-order valence-corrected chi connectivity index (χ2v) is 9.32. The van der Waals surface area contributed by atoms with Gasteiger partial charge in [-0.3, -0.25) is 0 Å². The van der Waals surface area contributed by atoms with Crippen molar-refractivity contribution in [2.45, 2.75) is 65.0 Å². The summed E-state index contributed by atoms with van der Waals surface area (Å²) in [7, 11) is 0. The number of aromatic nitrogens is 1. The molecule has 1 aromatic heterocycles. The molecule has 0 spiro atoms. The Morgan fingerprint density at radius 2 is 2.05 bits per heavy atom. The predicted octanol–water partition coefficient (Wildman–Crippen LogP) is 3.99. The van der Waals surface area contributed by atoms with Crippen LogP contribution >= 0.6 is 23.1 Å². The van der Waals surface area contributed by atoms with Crippen molar-refractivity contribution in [3.05, 3.63) is 15.6 Å². The van der Waals surface area contributed by atoms with Gasteiger partial charge in [-0.05, 0) is 50.7 Å². The molecule has 1 saturated heterocycles. The summed E-state index contributed by atoms with van der Waals surface area (Å²) in [5, 5.41) is 5.27. The lowest BCUT2D eigenvalue weighted by atomic mass is 9.70. The number of thioether (sulfide) groups is 1. The molecule has 0 amide bonds. The van der Waals surface area contributed by atoms with E-state index in [1.54, 1.807) is 4.88 Å². The molecule has 1 unspecified atom stereocenters. The summed E-state index contributed by atoms with van der Waals surface area (Å²) < 4.78 is 0. The van der Waals surface area contributed by atoms with Gasteiger partial charge in [0, 0.05) is 16.7 Å². The maximum atomic E-state index is 5.08. The average Bonchev–Trinajstić information content (AvgIpc) is 2.91. The minimum atomic E-state index is 0.0547. The predicted molar refractivity (Wildman–Crippen MR) is 89.8 cm³/mol. The Balaban J connectivity index is 2.04. The molecule has 3 rings (SSSR count). The number of aryl methyl sites for hydroxylation is 2. The van der Waals surface area contributed by atoms with Crippen molar-refractivity contribution in [3.8, 4) is 0 Å². The summed E-state index contributed by atoms with van der Waals surface area (Å²) in [5.74, 6) is 2.43. The molecule has 1 aliphatic carbocycles. The molecule has 112 valence electrons. The van der Waals surface area contributed by atoms with Gasteiger partial charge in [0.2, 0.25) is 0 Å². The second-order valence-electron chi connectivity index (χ2n) is 7.13. The van der Waals surface area contributed by atoms with Crippen molar-refractivity contribution in [2.75, 3.05) is 11.5 Å². The van der Waals surface area contributed by atoms with Gasteiger partial charge in [0.25, 0.3) is 0 Å². The van der Waals surface area contributed by atoms with Gasteiger partial charge in [-0.25, -0.2) is 4.98 Å². The van der Waals surface area contributed by atoms with E-state index >= 15 is 0 Å². The zero-order valence-corrected chi connectivity index (χ0v) is 14.7. The van der Waals surface area contributed by atoms with E-state index in [1.807, 2.05) is 11.3 Å². The molecule has 1 aromatic rings. The fourth-order valence-electron chi connectivity index (χ4n) is 3.48. The van der Waals surface area contributed by atoms with E-state index < -0.39 is 0 Å². The van der Waals surface area contributed by atoms with E-state index in [0.717, 1.165) is 5.75 Å². The van der Waals surface area contributed by atoms with Gasteiger partial charge in [-0.15, -0.1) is 11.3 Å². The minimum Gasteiger partial charge on any atom is -0.302 e. The van der Waals surface area contributed by atoms with Crippen molar-refractivity contribution >= 4 is 23.1 Å². The van der Waals surface area contributed by atoms with Gasteiger partial charge in [0.1, 0.15) is 5.01 Å². The molecule has 0 aromatic carbocycles. The third-order valence-corrected chi connectivity index (χ3v) is 7.29. The van der Waals surface area contributed by atoms with Crippen LogP contribution in [-0.4, -0.2) is 22.5 Å². The second kappa shape index (κ2) is 5.29. The quantitative estimate of drug-likeness (QED) is 0.914. The Morgan fingerprint density at radius 3 is 2.70 bits per heavy atom. The van der Waals surface area contributed by atoms with Crippen LogP contribution in [0.1, 0.15) is 56.1 Å². The maximum Gasteiger partial charge on any atom is 0.115 e. The number of hydrogen-bond donors (Lipinski definition) is 1. The summed E-state index contributed by atoms with van der Waals surface area (Å²) in [6.07, 6.45) is 5.01.